The van der Waals surface area contributed by atoms with Crippen molar-refractivity contribution in [2.45, 2.75) is 52.0 Å². The number of nitrogens with one attached hydrogen (secondary N) is 1. The second-order valence-electron chi connectivity index (χ2n) is 8.68. The zero-order chi connectivity index (χ0) is 23.9. The number of aromatic nitrogens is 7. The van der Waals surface area contributed by atoms with Crippen LogP contribution in [0.4, 0.5) is 0 Å². The van der Waals surface area contributed by atoms with Gasteiger partial charge in [-0.3, -0.25) is 0 Å². The lowest BCUT2D eigenvalue weighted by Crippen LogP contribution is -2.07. The molecule has 0 saturated carbocycles. The molecule has 178 valence electrons. The highest BCUT2D eigenvalue weighted by Crippen LogP contribution is 2.29. The molecule has 3 heterocycles. The predicted octanol–water partition coefficient (Wildman–Crippen LogP) is 5.75. The van der Waals surface area contributed by atoms with E-state index in [0.29, 0.717) is 5.82 Å². The molecule has 0 aliphatic heterocycles. The third-order valence-corrected chi connectivity index (χ3v) is 6.87. The first kappa shape index (κ1) is 23.1. The van der Waals surface area contributed by atoms with Crippen molar-refractivity contribution in [3.8, 4) is 22.5 Å². The zero-order valence-electron chi connectivity index (χ0n) is 19.9. The number of rotatable bonds is 11. The maximum atomic E-state index is 4.92. The minimum absolute atomic E-state index is 0.666. The van der Waals surface area contributed by atoms with Crippen LogP contribution in [-0.4, -0.2) is 35.4 Å². The normalized spacial score (nSPS) is 11.2. The number of thiophene rings is 1. The molecular weight excluding hydrogens is 454 g/mol. The molecule has 0 fully saturated rings. The number of H-pyrrole nitrogens is 1. The maximum Gasteiger partial charge on any atom is 0.180 e. The molecule has 2 aromatic carbocycles. The fourth-order valence-corrected chi connectivity index (χ4v) is 4.95. The highest BCUT2D eigenvalue weighted by molar-refractivity contribution is 7.07. The number of aryl methyl sites for hydroxylation is 3. The highest BCUT2D eigenvalue weighted by Gasteiger charge is 2.13. The minimum Gasteiger partial charge on any atom is -0.245 e. The molecule has 0 aliphatic carbocycles. The first-order valence-corrected chi connectivity index (χ1v) is 13.1. The molecule has 0 aliphatic rings. The van der Waals surface area contributed by atoms with Crippen LogP contribution in [0, 0.1) is 0 Å². The summed E-state index contributed by atoms with van der Waals surface area (Å²) in [6.45, 7) is 2.95. The topological polar surface area (TPSA) is 85.2 Å². The summed E-state index contributed by atoms with van der Waals surface area (Å²) < 4.78 is 2.10. The van der Waals surface area contributed by atoms with E-state index in [1.54, 1.807) is 11.3 Å². The second-order valence-corrected chi connectivity index (χ2v) is 9.46. The lowest BCUT2D eigenvalue weighted by atomic mass is 9.98. The summed E-state index contributed by atoms with van der Waals surface area (Å²) in [6, 6.07) is 19.0. The Morgan fingerprint density at radius 2 is 1.74 bits per heavy atom. The smallest absolute Gasteiger partial charge is 0.180 e. The molecule has 0 saturated heterocycles. The summed E-state index contributed by atoms with van der Waals surface area (Å²) in [4.78, 5) is 4.92. The molecule has 1 N–H and O–H groups in total. The molecular formula is C27H29N7S. The Labute approximate surface area is 209 Å². The van der Waals surface area contributed by atoms with Gasteiger partial charge in [-0.15, -0.1) is 5.10 Å². The monoisotopic (exact) mass is 483 g/mol. The molecule has 5 rings (SSSR count). The fraction of sp³-hybridized carbons (Fsp3) is 0.296. The standard InChI is InChI=1S/C27H29N7S/c1-2-3-4-9-26-28-25(15-12-21-16-17-35-19-21)31-34(26)18-20-10-13-22(14-11-20)23-7-5-6-8-24(23)27-29-32-33-30-27/h5-8,10-11,13-14,16-17,19H,2-4,9,12,15,18H2,1H3,(H,29,30,32,33). The third kappa shape index (κ3) is 5.71. The average molecular weight is 484 g/mol. The van der Waals surface area contributed by atoms with E-state index in [-0.39, 0.29) is 0 Å². The van der Waals surface area contributed by atoms with Crippen LogP contribution in [0.15, 0.2) is 65.4 Å². The van der Waals surface area contributed by atoms with Gasteiger partial charge in [-0.25, -0.2) is 14.8 Å². The van der Waals surface area contributed by atoms with Crippen LogP contribution in [0.2, 0.25) is 0 Å². The molecule has 3 aromatic heterocycles. The summed E-state index contributed by atoms with van der Waals surface area (Å²) in [5, 5.41) is 23.6. The Morgan fingerprint density at radius 3 is 2.49 bits per heavy atom. The van der Waals surface area contributed by atoms with Crippen molar-refractivity contribution in [3.05, 3.63) is 88.1 Å². The highest BCUT2D eigenvalue weighted by atomic mass is 32.1. The van der Waals surface area contributed by atoms with E-state index in [1.165, 1.54) is 24.0 Å². The quantitative estimate of drug-likeness (QED) is 0.242. The Balaban J connectivity index is 1.34. The Morgan fingerprint density at radius 1 is 0.886 bits per heavy atom. The Kier molecular flexibility index (Phi) is 7.38. The van der Waals surface area contributed by atoms with Gasteiger partial charge in [0, 0.05) is 18.4 Å². The van der Waals surface area contributed by atoms with Gasteiger partial charge in [0.1, 0.15) is 5.82 Å². The van der Waals surface area contributed by atoms with E-state index >= 15 is 0 Å². The van der Waals surface area contributed by atoms with Crippen molar-refractivity contribution < 1.29 is 0 Å². The molecule has 7 nitrogen and oxygen atoms in total. The van der Waals surface area contributed by atoms with E-state index in [2.05, 4.69) is 79.4 Å². The minimum atomic E-state index is 0.666. The maximum absolute atomic E-state index is 4.92. The molecule has 0 unspecified atom stereocenters. The fourth-order valence-electron chi connectivity index (χ4n) is 4.24. The number of hydrogen-bond acceptors (Lipinski definition) is 6. The third-order valence-electron chi connectivity index (χ3n) is 6.14. The summed E-state index contributed by atoms with van der Waals surface area (Å²) in [5.74, 6) is 2.69. The van der Waals surface area contributed by atoms with Crippen molar-refractivity contribution in [3.63, 3.8) is 0 Å². The SMILES string of the molecule is CCCCCc1nc(CCc2ccsc2)nn1Cc1ccc(-c2ccccc2-c2nnn[nH]2)cc1. The van der Waals surface area contributed by atoms with Crippen molar-refractivity contribution >= 4 is 11.3 Å². The number of hydrogen-bond donors (Lipinski definition) is 1. The van der Waals surface area contributed by atoms with Gasteiger partial charge in [-0.05, 0) is 62.3 Å². The Hall–Kier alpha value is -3.65. The molecule has 0 bridgehead atoms. The second kappa shape index (κ2) is 11.2. The van der Waals surface area contributed by atoms with Crippen molar-refractivity contribution in [1.82, 2.24) is 35.4 Å². The van der Waals surface area contributed by atoms with Crippen molar-refractivity contribution in [1.29, 1.82) is 0 Å². The number of nitrogens with zero attached hydrogens (tertiary/aromatic N) is 6. The van der Waals surface area contributed by atoms with Crippen LogP contribution in [0.5, 0.6) is 0 Å². The summed E-state index contributed by atoms with van der Waals surface area (Å²) >= 11 is 1.74. The van der Waals surface area contributed by atoms with E-state index in [4.69, 9.17) is 10.1 Å². The van der Waals surface area contributed by atoms with Crippen LogP contribution in [0.3, 0.4) is 0 Å². The molecule has 0 atom stereocenters. The summed E-state index contributed by atoms with van der Waals surface area (Å²) in [5.41, 5.74) is 5.76. The first-order valence-electron chi connectivity index (χ1n) is 12.2. The van der Waals surface area contributed by atoms with Gasteiger partial charge < -0.3 is 0 Å². The van der Waals surface area contributed by atoms with E-state index < -0.39 is 0 Å². The van der Waals surface area contributed by atoms with Crippen LogP contribution < -0.4 is 0 Å². The van der Waals surface area contributed by atoms with E-state index in [1.807, 2.05) is 18.2 Å². The number of aromatic amines is 1. The summed E-state index contributed by atoms with van der Waals surface area (Å²) in [6.07, 6.45) is 6.38. The lowest BCUT2D eigenvalue weighted by Gasteiger charge is -2.09. The lowest BCUT2D eigenvalue weighted by molar-refractivity contribution is 0.604. The van der Waals surface area contributed by atoms with Gasteiger partial charge in [0.15, 0.2) is 11.6 Å². The number of tetrazole rings is 1. The summed E-state index contributed by atoms with van der Waals surface area (Å²) in [7, 11) is 0. The molecule has 35 heavy (non-hydrogen) atoms. The van der Waals surface area contributed by atoms with Crippen molar-refractivity contribution in [2.75, 3.05) is 0 Å². The number of unbranched alkanes of at least 4 members (excludes halogenated alkanes) is 2. The van der Waals surface area contributed by atoms with Gasteiger partial charge in [-0.2, -0.15) is 16.4 Å². The van der Waals surface area contributed by atoms with E-state index in [0.717, 1.165) is 60.6 Å². The molecule has 0 radical (unpaired) electrons. The van der Waals surface area contributed by atoms with Gasteiger partial charge in [0.25, 0.3) is 0 Å². The number of benzene rings is 2. The van der Waals surface area contributed by atoms with Crippen LogP contribution in [-0.2, 0) is 25.8 Å². The first-order chi connectivity index (χ1) is 17.3. The van der Waals surface area contributed by atoms with Crippen molar-refractivity contribution in [2.24, 2.45) is 0 Å². The molecule has 5 aromatic rings. The van der Waals surface area contributed by atoms with E-state index in [9.17, 15) is 0 Å². The van der Waals surface area contributed by atoms with Gasteiger partial charge in [-0.1, -0.05) is 68.3 Å². The average Bonchev–Trinajstić information content (AvgIpc) is 3.67. The molecule has 0 spiro atoms. The molecule has 0 amide bonds. The Bertz CT molecular complexity index is 1320. The molecule has 8 heteroatoms. The van der Waals surface area contributed by atoms with Gasteiger partial charge >= 0.3 is 0 Å². The van der Waals surface area contributed by atoms with Crippen LogP contribution in [0.1, 0.15) is 49.0 Å². The van der Waals surface area contributed by atoms with Crippen LogP contribution in [0.25, 0.3) is 22.5 Å². The largest absolute Gasteiger partial charge is 0.245 e. The predicted molar refractivity (Wildman–Crippen MR) is 139 cm³/mol. The zero-order valence-corrected chi connectivity index (χ0v) is 20.7. The van der Waals surface area contributed by atoms with Gasteiger partial charge in [0.05, 0.1) is 6.54 Å². The van der Waals surface area contributed by atoms with Crippen LogP contribution >= 0.6 is 11.3 Å². The van der Waals surface area contributed by atoms with Gasteiger partial charge in [0.2, 0.25) is 0 Å².